The van der Waals surface area contributed by atoms with Gasteiger partial charge >= 0.3 is 5.97 Å². The summed E-state index contributed by atoms with van der Waals surface area (Å²) in [7, 11) is 0. The van der Waals surface area contributed by atoms with Gasteiger partial charge in [-0.1, -0.05) is 43.3 Å². The topological polar surface area (TPSA) is 70.4 Å². The molecular weight excluding hydrogens is 404 g/mol. The highest BCUT2D eigenvalue weighted by molar-refractivity contribution is 5.86. The van der Waals surface area contributed by atoms with Crippen LogP contribution in [0.25, 0.3) is 22.3 Å². The van der Waals surface area contributed by atoms with Crippen LogP contribution >= 0.6 is 0 Å². The van der Waals surface area contributed by atoms with Crippen LogP contribution in [0.1, 0.15) is 30.0 Å². The summed E-state index contributed by atoms with van der Waals surface area (Å²) in [6.07, 6.45) is 0.328. The molecule has 0 amide bonds. The Kier molecular flexibility index (Phi) is 3.99. The quantitative estimate of drug-likeness (QED) is 0.407. The minimum atomic E-state index is -1.39. The van der Waals surface area contributed by atoms with Crippen molar-refractivity contribution in [2.75, 3.05) is 0 Å². The summed E-state index contributed by atoms with van der Waals surface area (Å²) in [5.41, 5.74) is 2.81. The van der Waals surface area contributed by atoms with Crippen LogP contribution in [0.2, 0.25) is 0 Å². The van der Waals surface area contributed by atoms with E-state index in [-0.39, 0.29) is 12.2 Å². The van der Waals surface area contributed by atoms with Crippen molar-refractivity contribution in [3.63, 3.8) is 0 Å². The third-order valence-corrected chi connectivity index (χ3v) is 6.42. The maximum absolute atomic E-state index is 13.5. The average Bonchev–Trinajstić information content (AvgIpc) is 3.18. The van der Waals surface area contributed by atoms with Crippen LogP contribution in [-0.4, -0.2) is 15.5 Å². The fraction of sp³-hybridized carbons (Fsp3) is 0.192. The lowest BCUT2D eigenvalue weighted by molar-refractivity contribution is -0.168. The van der Waals surface area contributed by atoms with Crippen molar-refractivity contribution >= 4 is 16.9 Å². The molecular formula is C26H20N2O4. The molecule has 0 aliphatic carbocycles. The Bertz CT molecular complexity index is 1460. The van der Waals surface area contributed by atoms with E-state index in [1.54, 1.807) is 16.7 Å². The lowest BCUT2D eigenvalue weighted by atomic mass is 9.85. The first-order valence-corrected chi connectivity index (χ1v) is 10.7. The molecule has 2 aromatic heterocycles. The zero-order chi connectivity index (χ0) is 21.9. The number of esters is 1. The Morgan fingerprint density at radius 3 is 2.66 bits per heavy atom. The number of ether oxygens (including phenoxy) is 2. The third kappa shape index (κ3) is 2.56. The van der Waals surface area contributed by atoms with E-state index in [0.29, 0.717) is 35.5 Å². The fourth-order valence-electron chi connectivity index (χ4n) is 4.77. The van der Waals surface area contributed by atoms with Gasteiger partial charge in [-0.3, -0.25) is 4.79 Å². The molecule has 0 unspecified atom stereocenters. The molecule has 0 N–H and O–H groups in total. The Labute approximate surface area is 184 Å². The first-order chi connectivity index (χ1) is 15.6. The van der Waals surface area contributed by atoms with Crippen LogP contribution in [0.5, 0.6) is 5.75 Å². The van der Waals surface area contributed by atoms with E-state index >= 15 is 0 Å². The Balaban J connectivity index is 1.59. The van der Waals surface area contributed by atoms with Crippen molar-refractivity contribution in [2.24, 2.45) is 0 Å². The van der Waals surface area contributed by atoms with Gasteiger partial charge in [0.05, 0.1) is 29.0 Å². The van der Waals surface area contributed by atoms with Gasteiger partial charge in [0.25, 0.3) is 5.56 Å². The molecule has 0 radical (unpaired) electrons. The molecule has 2 aliphatic heterocycles. The molecule has 1 atom stereocenters. The highest BCUT2D eigenvalue weighted by Crippen LogP contribution is 2.41. The molecule has 4 aromatic rings. The Morgan fingerprint density at radius 1 is 1.06 bits per heavy atom. The molecule has 6 rings (SSSR count). The van der Waals surface area contributed by atoms with Crippen molar-refractivity contribution in [1.82, 2.24) is 9.55 Å². The van der Waals surface area contributed by atoms with Crippen LogP contribution in [0.4, 0.5) is 0 Å². The van der Waals surface area contributed by atoms with E-state index in [0.717, 1.165) is 22.2 Å². The van der Waals surface area contributed by atoms with E-state index in [9.17, 15) is 9.59 Å². The molecule has 0 fully saturated rings. The summed E-state index contributed by atoms with van der Waals surface area (Å²) >= 11 is 0. The van der Waals surface area contributed by atoms with Crippen molar-refractivity contribution < 1.29 is 14.3 Å². The number of benzene rings is 2. The number of aromatic nitrogens is 2. The first kappa shape index (κ1) is 18.8. The van der Waals surface area contributed by atoms with Gasteiger partial charge in [0, 0.05) is 16.5 Å². The standard InChI is InChI=1S/C26H20N2O4/c1-2-26(32-18-9-4-3-5-10-18)20-13-22-23-17(12-16-8-6-7-11-21(16)27-23)14-28(22)24(29)19(20)15-31-25(26)30/h3-13H,2,14-15H2,1H3/t26-/m0/s1. The number of rotatable bonds is 3. The molecule has 32 heavy (non-hydrogen) atoms. The van der Waals surface area contributed by atoms with E-state index < -0.39 is 11.6 Å². The van der Waals surface area contributed by atoms with Crippen LogP contribution in [0.3, 0.4) is 0 Å². The SMILES string of the molecule is CC[C@@]1(Oc2ccccc2)C(=O)OCc2c1cc1n(c2=O)Cc2cc3ccccc3nc2-1. The molecule has 0 saturated carbocycles. The normalized spacial score (nSPS) is 18.6. The molecule has 158 valence electrons. The van der Waals surface area contributed by atoms with E-state index in [2.05, 4.69) is 6.07 Å². The van der Waals surface area contributed by atoms with Gasteiger partial charge in [-0.25, -0.2) is 9.78 Å². The van der Waals surface area contributed by atoms with Gasteiger partial charge < -0.3 is 14.0 Å². The highest BCUT2D eigenvalue weighted by atomic mass is 16.6. The van der Waals surface area contributed by atoms with Gasteiger partial charge in [0.1, 0.15) is 12.4 Å². The zero-order valence-electron chi connectivity index (χ0n) is 17.5. The number of para-hydroxylation sites is 2. The van der Waals surface area contributed by atoms with E-state index in [1.807, 2.05) is 55.5 Å². The second-order valence-electron chi connectivity index (χ2n) is 8.17. The van der Waals surface area contributed by atoms with Gasteiger partial charge in [0.15, 0.2) is 0 Å². The molecule has 0 saturated heterocycles. The predicted molar refractivity (Wildman–Crippen MR) is 119 cm³/mol. The predicted octanol–water partition coefficient (Wildman–Crippen LogP) is 4.17. The van der Waals surface area contributed by atoms with Crippen molar-refractivity contribution in [3.05, 3.63) is 93.8 Å². The molecule has 2 aromatic carbocycles. The average molecular weight is 424 g/mol. The summed E-state index contributed by atoms with van der Waals surface area (Å²) in [6.45, 7) is 2.25. The summed E-state index contributed by atoms with van der Waals surface area (Å²) in [6, 6.07) is 21.0. The number of hydrogen-bond donors (Lipinski definition) is 0. The summed E-state index contributed by atoms with van der Waals surface area (Å²) in [5, 5.41) is 1.03. The van der Waals surface area contributed by atoms with E-state index in [1.165, 1.54) is 0 Å². The van der Waals surface area contributed by atoms with Crippen molar-refractivity contribution in [3.8, 4) is 17.1 Å². The van der Waals surface area contributed by atoms with Gasteiger partial charge in [-0.15, -0.1) is 0 Å². The third-order valence-electron chi connectivity index (χ3n) is 6.42. The number of cyclic esters (lactones) is 1. The van der Waals surface area contributed by atoms with Gasteiger partial charge in [-0.05, 0) is 36.8 Å². The molecule has 6 nitrogen and oxygen atoms in total. The van der Waals surface area contributed by atoms with E-state index in [4.69, 9.17) is 14.5 Å². The number of hydrogen-bond acceptors (Lipinski definition) is 5. The van der Waals surface area contributed by atoms with Crippen molar-refractivity contribution in [2.45, 2.75) is 32.1 Å². The number of carbonyl (C=O) groups excluding carboxylic acids is 1. The monoisotopic (exact) mass is 424 g/mol. The zero-order valence-corrected chi connectivity index (χ0v) is 17.5. The van der Waals surface area contributed by atoms with Crippen LogP contribution in [0.15, 0.2) is 71.5 Å². The smallest absolute Gasteiger partial charge is 0.355 e. The summed E-state index contributed by atoms with van der Waals surface area (Å²) in [4.78, 5) is 31.4. The molecule has 6 heteroatoms. The van der Waals surface area contributed by atoms with Crippen LogP contribution in [-0.2, 0) is 28.3 Å². The maximum Gasteiger partial charge on any atom is 0.355 e. The Morgan fingerprint density at radius 2 is 1.84 bits per heavy atom. The number of pyridine rings is 2. The molecule has 0 bridgehead atoms. The lowest BCUT2D eigenvalue weighted by Gasteiger charge is -2.36. The second-order valence-corrected chi connectivity index (χ2v) is 8.17. The van der Waals surface area contributed by atoms with Crippen molar-refractivity contribution in [1.29, 1.82) is 0 Å². The minimum Gasteiger partial charge on any atom is -0.471 e. The molecule has 2 aliphatic rings. The molecule has 0 spiro atoms. The highest BCUT2D eigenvalue weighted by Gasteiger charge is 2.49. The summed E-state index contributed by atoms with van der Waals surface area (Å²) < 4.78 is 13.5. The number of nitrogens with zero attached hydrogens (tertiary/aromatic N) is 2. The largest absolute Gasteiger partial charge is 0.471 e. The number of fused-ring (bicyclic) bond motifs is 5. The van der Waals surface area contributed by atoms with Gasteiger partial charge in [0.2, 0.25) is 5.60 Å². The van der Waals surface area contributed by atoms with Gasteiger partial charge in [-0.2, -0.15) is 0 Å². The lowest BCUT2D eigenvalue weighted by Crippen LogP contribution is -2.48. The first-order valence-electron chi connectivity index (χ1n) is 10.7. The maximum atomic E-state index is 13.5. The second kappa shape index (κ2) is 6.79. The molecule has 4 heterocycles. The minimum absolute atomic E-state index is 0.0566. The summed E-state index contributed by atoms with van der Waals surface area (Å²) in [5.74, 6) is 0.0645. The number of carbonyl (C=O) groups is 1. The van der Waals surface area contributed by atoms with Crippen LogP contribution < -0.4 is 10.3 Å². The Hall–Kier alpha value is -3.93. The van der Waals surface area contributed by atoms with Crippen LogP contribution in [0, 0.1) is 0 Å². The fourth-order valence-corrected chi connectivity index (χ4v) is 4.77.